The molecule has 0 aliphatic heterocycles. The van der Waals surface area contributed by atoms with Gasteiger partial charge in [-0.2, -0.15) is 0 Å². The Morgan fingerprint density at radius 1 is 1.25 bits per heavy atom. The minimum atomic E-state index is -0.713. The number of para-hydroxylation sites is 1. The molecule has 0 aliphatic carbocycles. The number of hydrogen-bond acceptors (Lipinski definition) is 4. The van der Waals surface area contributed by atoms with Crippen LogP contribution in [0.1, 0.15) is 13.8 Å². The van der Waals surface area contributed by atoms with E-state index in [1.807, 2.05) is 13.8 Å². The summed E-state index contributed by atoms with van der Waals surface area (Å²) in [6.07, 6.45) is -0.713. The van der Waals surface area contributed by atoms with Gasteiger partial charge >= 0.3 is 0 Å². The van der Waals surface area contributed by atoms with Crippen molar-refractivity contribution >= 4 is 23.2 Å². The summed E-state index contributed by atoms with van der Waals surface area (Å²) in [4.78, 5) is 0. The van der Waals surface area contributed by atoms with Crippen LogP contribution in [0.2, 0.25) is 10.0 Å². The Kier molecular flexibility index (Phi) is 7.62. The second-order valence-electron chi connectivity index (χ2n) is 4.96. The number of rotatable bonds is 8. The molecule has 0 aromatic heterocycles. The van der Waals surface area contributed by atoms with Gasteiger partial charge in [0.1, 0.15) is 12.7 Å². The van der Waals surface area contributed by atoms with Crippen molar-refractivity contribution in [2.45, 2.75) is 26.0 Å². The fourth-order valence-corrected chi connectivity index (χ4v) is 2.16. The first-order valence-corrected chi connectivity index (χ1v) is 7.30. The number of benzene rings is 1. The molecule has 3 N–H and O–H groups in total. The maximum atomic E-state index is 9.86. The van der Waals surface area contributed by atoms with E-state index >= 15 is 0 Å². The Bertz CT molecular complexity index is 395. The van der Waals surface area contributed by atoms with Gasteiger partial charge in [-0.25, -0.2) is 0 Å². The predicted octanol–water partition coefficient (Wildman–Crippen LogP) is 2.34. The second-order valence-corrected chi connectivity index (χ2v) is 5.77. The van der Waals surface area contributed by atoms with Gasteiger partial charge in [0.25, 0.3) is 0 Å². The van der Waals surface area contributed by atoms with Crippen LogP contribution in [0.5, 0.6) is 5.75 Å². The molecule has 2 atom stereocenters. The zero-order valence-electron chi connectivity index (χ0n) is 11.6. The van der Waals surface area contributed by atoms with Gasteiger partial charge < -0.3 is 20.3 Å². The minimum Gasteiger partial charge on any atom is -0.488 e. The lowest BCUT2D eigenvalue weighted by atomic mass is 10.1. The van der Waals surface area contributed by atoms with Crippen LogP contribution in [-0.4, -0.2) is 42.1 Å². The first-order valence-electron chi connectivity index (χ1n) is 6.54. The Labute approximate surface area is 129 Å². The fraction of sp³-hybridized carbons (Fsp3) is 0.571. The van der Waals surface area contributed by atoms with Crippen LogP contribution in [-0.2, 0) is 0 Å². The molecule has 0 fully saturated rings. The molecule has 4 nitrogen and oxygen atoms in total. The molecule has 1 rings (SSSR count). The molecule has 0 radical (unpaired) electrons. The molecule has 0 bridgehead atoms. The third-order valence-corrected chi connectivity index (χ3v) is 3.55. The largest absolute Gasteiger partial charge is 0.488 e. The van der Waals surface area contributed by atoms with Crippen LogP contribution in [0, 0.1) is 5.92 Å². The third kappa shape index (κ3) is 5.46. The number of halogens is 2. The molecule has 0 heterocycles. The van der Waals surface area contributed by atoms with Crippen molar-refractivity contribution in [1.82, 2.24) is 5.32 Å². The monoisotopic (exact) mass is 321 g/mol. The highest BCUT2D eigenvalue weighted by atomic mass is 35.5. The zero-order chi connectivity index (χ0) is 15.1. The Morgan fingerprint density at radius 3 is 2.35 bits per heavy atom. The summed E-state index contributed by atoms with van der Waals surface area (Å²) in [5.74, 6) is 0.656. The summed E-state index contributed by atoms with van der Waals surface area (Å²) in [7, 11) is 0. The molecular formula is C14H21Cl2NO3. The maximum Gasteiger partial charge on any atom is 0.156 e. The van der Waals surface area contributed by atoms with Gasteiger partial charge in [-0.05, 0) is 18.1 Å². The summed E-state index contributed by atoms with van der Waals surface area (Å²) in [5, 5.41) is 23.0. The molecule has 0 spiro atoms. The molecule has 0 aliphatic rings. The van der Waals surface area contributed by atoms with Crippen LogP contribution in [0.4, 0.5) is 0 Å². The van der Waals surface area contributed by atoms with Gasteiger partial charge in [0.05, 0.1) is 16.7 Å². The van der Waals surface area contributed by atoms with E-state index in [9.17, 15) is 10.2 Å². The maximum absolute atomic E-state index is 9.86. The molecule has 0 amide bonds. The van der Waals surface area contributed by atoms with E-state index in [4.69, 9.17) is 27.9 Å². The van der Waals surface area contributed by atoms with Gasteiger partial charge in [-0.15, -0.1) is 0 Å². The zero-order valence-corrected chi connectivity index (χ0v) is 13.2. The fourth-order valence-electron chi connectivity index (χ4n) is 1.66. The van der Waals surface area contributed by atoms with Gasteiger partial charge in [0.2, 0.25) is 0 Å². The highest BCUT2D eigenvalue weighted by Crippen LogP contribution is 2.32. The van der Waals surface area contributed by atoms with Crippen LogP contribution < -0.4 is 10.1 Å². The number of hydrogen-bond donors (Lipinski definition) is 3. The quantitative estimate of drug-likeness (QED) is 0.687. The van der Waals surface area contributed by atoms with Crippen molar-refractivity contribution in [2.75, 3.05) is 19.8 Å². The van der Waals surface area contributed by atoms with Crippen molar-refractivity contribution in [1.29, 1.82) is 0 Å². The molecule has 1 aromatic rings. The number of ether oxygens (including phenoxy) is 1. The van der Waals surface area contributed by atoms with Crippen molar-refractivity contribution in [3.63, 3.8) is 0 Å². The summed E-state index contributed by atoms with van der Waals surface area (Å²) < 4.78 is 5.44. The lowest BCUT2D eigenvalue weighted by Crippen LogP contribution is -2.42. The summed E-state index contributed by atoms with van der Waals surface area (Å²) in [5.41, 5.74) is 0. The van der Waals surface area contributed by atoms with Gasteiger partial charge in [0, 0.05) is 12.6 Å². The minimum absolute atomic E-state index is 0.0294. The van der Waals surface area contributed by atoms with Gasteiger partial charge in [0.15, 0.2) is 5.75 Å². The van der Waals surface area contributed by atoms with E-state index < -0.39 is 6.10 Å². The first-order chi connectivity index (χ1) is 9.45. The summed E-state index contributed by atoms with van der Waals surface area (Å²) in [6.45, 7) is 4.43. The smallest absolute Gasteiger partial charge is 0.156 e. The average Bonchev–Trinajstić information content (AvgIpc) is 2.38. The van der Waals surface area contributed by atoms with E-state index in [1.165, 1.54) is 0 Å². The lowest BCUT2D eigenvalue weighted by molar-refractivity contribution is 0.0963. The van der Waals surface area contributed by atoms with E-state index in [0.717, 1.165) is 0 Å². The van der Waals surface area contributed by atoms with E-state index in [1.54, 1.807) is 18.2 Å². The van der Waals surface area contributed by atoms with E-state index in [0.29, 0.717) is 22.3 Å². The molecule has 1 aromatic carbocycles. The number of aliphatic hydroxyl groups is 2. The molecule has 20 heavy (non-hydrogen) atoms. The van der Waals surface area contributed by atoms with E-state index in [2.05, 4.69) is 5.32 Å². The van der Waals surface area contributed by atoms with Crippen LogP contribution in [0.3, 0.4) is 0 Å². The topological polar surface area (TPSA) is 61.7 Å². The van der Waals surface area contributed by atoms with E-state index in [-0.39, 0.29) is 25.2 Å². The van der Waals surface area contributed by atoms with Crippen molar-refractivity contribution in [2.24, 2.45) is 5.92 Å². The molecule has 1 unspecified atom stereocenters. The number of nitrogens with one attached hydrogen (secondary N) is 1. The summed E-state index contributed by atoms with van der Waals surface area (Å²) in [6, 6.07) is 5.03. The van der Waals surface area contributed by atoms with Crippen molar-refractivity contribution < 1.29 is 14.9 Å². The van der Waals surface area contributed by atoms with Crippen LogP contribution in [0.25, 0.3) is 0 Å². The standard InChI is InChI=1S/C14H21Cl2NO3/c1-9(2)13(7-18)17-6-10(19)8-20-14-11(15)4-3-5-12(14)16/h3-5,9-10,13,17-19H,6-8H2,1-2H3/t10?,13-/m1/s1. The average molecular weight is 322 g/mol. The molecule has 114 valence electrons. The first kappa shape index (κ1) is 17.5. The normalized spacial score (nSPS) is 14.3. The Balaban J connectivity index is 2.42. The van der Waals surface area contributed by atoms with Gasteiger partial charge in [-0.3, -0.25) is 0 Å². The Morgan fingerprint density at radius 2 is 1.85 bits per heavy atom. The molecule has 0 saturated heterocycles. The van der Waals surface area contributed by atoms with Gasteiger partial charge in [-0.1, -0.05) is 43.1 Å². The third-order valence-electron chi connectivity index (χ3n) is 2.96. The van der Waals surface area contributed by atoms with Crippen molar-refractivity contribution in [3.05, 3.63) is 28.2 Å². The highest BCUT2D eigenvalue weighted by Gasteiger charge is 2.15. The second kappa shape index (κ2) is 8.70. The number of aliphatic hydroxyl groups excluding tert-OH is 2. The Hall–Kier alpha value is -0.520. The van der Waals surface area contributed by atoms with Crippen LogP contribution >= 0.6 is 23.2 Å². The lowest BCUT2D eigenvalue weighted by Gasteiger charge is -2.22. The predicted molar refractivity (Wildman–Crippen MR) is 81.7 cm³/mol. The SMILES string of the molecule is CC(C)[C@@H](CO)NCC(O)COc1c(Cl)cccc1Cl. The van der Waals surface area contributed by atoms with Crippen LogP contribution in [0.15, 0.2) is 18.2 Å². The highest BCUT2D eigenvalue weighted by molar-refractivity contribution is 6.37. The molecule has 0 saturated carbocycles. The molecular weight excluding hydrogens is 301 g/mol. The summed E-state index contributed by atoms with van der Waals surface area (Å²) >= 11 is 11.9. The molecule has 6 heteroatoms. The van der Waals surface area contributed by atoms with Crippen molar-refractivity contribution in [3.8, 4) is 5.75 Å².